The van der Waals surface area contributed by atoms with Gasteiger partial charge in [-0.15, -0.1) is 0 Å². The molecule has 3 heterocycles. The van der Waals surface area contributed by atoms with Crippen LogP contribution in [0.2, 0.25) is 5.02 Å². The van der Waals surface area contributed by atoms with Crippen LogP contribution in [0.1, 0.15) is 72.4 Å². The van der Waals surface area contributed by atoms with Gasteiger partial charge in [-0.05, 0) is 56.7 Å². The molecule has 1 aromatic rings. The summed E-state index contributed by atoms with van der Waals surface area (Å²) in [6, 6.07) is 2.74. The third-order valence-electron chi connectivity index (χ3n) is 9.88. The first-order valence-electron chi connectivity index (χ1n) is 16.9. The average molecular weight is 718 g/mol. The van der Waals surface area contributed by atoms with Gasteiger partial charge in [0.05, 0.1) is 16.8 Å². The summed E-state index contributed by atoms with van der Waals surface area (Å²) in [6.07, 6.45) is 1.13. The number of nitrogens with one attached hydrogen (secondary N) is 1. The van der Waals surface area contributed by atoms with E-state index in [0.29, 0.717) is 17.1 Å². The molecule has 2 saturated heterocycles. The summed E-state index contributed by atoms with van der Waals surface area (Å²) >= 11 is 6.79. The molecular weight excluding hydrogens is 666 g/mol. The number of ether oxygens (including phenoxy) is 4. The van der Waals surface area contributed by atoms with E-state index in [2.05, 4.69) is 5.32 Å². The molecule has 12 nitrogen and oxygen atoms in total. The Balaban J connectivity index is 1.79. The molecule has 0 aromatic heterocycles. The lowest BCUT2D eigenvalue weighted by Crippen LogP contribution is -2.63. The Morgan fingerprint density at radius 3 is 2.52 bits per heavy atom. The summed E-state index contributed by atoms with van der Waals surface area (Å²) in [5.74, 6) is -2.20. The van der Waals surface area contributed by atoms with Gasteiger partial charge in [-0.2, -0.15) is 0 Å². The van der Waals surface area contributed by atoms with Gasteiger partial charge in [0.15, 0.2) is 5.72 Å². The number of hydrogen-bond acceptors (Lipinski definition) is 9. The molecule has 0 saturated carbocycles. The fourth-order valence-electron chi connectivity index (χ4n) is 6.68. The number of alkyl carbamates (subject to hydrolysis) is 1. The standard InChI is InChI=1S/C37H52ClN3O9/c1-20-13-12-14-27(47-11)37(46)18-26(48-34(45)39-37)22(3)30-36(8,50-30)31(49-33(44)23(4)40(9)28(42)19-35(5,6)7)32(43)41(10)25-17-24(15-20)16-21(2)29(25)38/h12-14,16-17,22-23,26-27,30-31,46H,15,18-19H2,1-11H3,(H,39,45)/b14-12+,20-13+. The highest BCUT2D eigenvalue weighted by Crippen LogP contribution is 2.49. The van der Waals surface area contributed by atoms with Crippen molar-refractivity contribution in [1.29, 1.82) is 0 Å². The molecule has 13 heteroatoms. The van der Waals surface area contributed by atoms with Crippen molar-refractivity contribution in [3.8, 4) is 0 Å². The summed E-state index contributed by atoms with van der Waals surface area (Å²) in [5.41, 5.74) is -0.476. The van der Waals surface area contributed by atoms with Gasteiger partial charge in [-0.25, -0.2) is 9.59 Å². The number of hydrogen-bond donors (Lipinski definition) is 2. The summed E-state index contributed by atoms with van der Waals surface area (Å²) in [4.78, 5) is 56.8. The quantitative estimate of drug-likeness (QED) is 0.322. The lowest BCUT2D eigenvalue weighted by atomic mass is 9.84. The molecule has 8 atom stereocenters. The molecule has 2 fully saturated rings. The van der Waals surface area contributed by atoms with Crippen LogP contribution >= 0.6 is 11.6 Å². The molecular formula is C37H52ClN3O9. The predicted octanol–water partition coefficient (Wildman–Crippen LogP) is 4.86. The van der Waals surface area contributed by atoms with E-state index < -0.39 is 65.7 Å². The van der Waals surface area contributed by atoms with Crippen molar-refractivity contribution >= 4 is 41.2 Å². The number of allylic oxidation sites excluding steroid dienone is 3. The van der Waals surface area contributed by atoms with Gasteiger partial charge in [0.1, 0.15) is 23.9 Å². The van der Waals surface area contributed by atoms with Gasteiger partial charge < -0.3 is 33.9 Å². The number of fused-ring (bicyclic) bond motifs is 5. The molecule has 3 amide bonds. The molecule has 0 aliphatic carbocycles. The molecule has 3 aliphatic rings. The maximum atomic E-state index is 14.5. The summed E-state index contributed by atoms with van der Waals surface area (Å²) in [7, 11) is 4.52. The van der Waals surface area contributed by atoms with Gasteiger partial charge in [0.25, 0.3) is 5.91 Å². The van der Waals surface area contributed by atoms with E-state index >= 15 is 0 Å². The fraction of sp³-hybridized carbons (Fsp3) is 0.622. The number of epoxide rings is 1. The largest absolute Gasteiger partial charge is 0.447 e. The van der Waals surface area contributed by atoms with Crippen LogP contribution < -0.4 is 10.2 Å². The number of likely N-dealkylation sites (N-methyl/N-ethyl adjacent to an activating group) is 2. The molecule has 4 rings (SSSR count). The number of aliphatic hydroxyl groups is 1. The van der Waals surface area contributed by atoms with Crippen LogP contribution in [0.5, 0.6) is 0 Å². The molecule has 276 valence electrons. The number of rotatable bonds is 5. The monoisotopic (exact) mass is 717 g/mol. The van der Waals surface area contributed by atoms with Crippen LogP contribution in [0.15, 0.2) is 35.9 Å². The van der Waals surface area contributed by atoms with Gasteiger partial charge in [0, 0.05) is 40.0 Å². The van der Waals surface area contributed by atoms with Crippen molar-refractivity contribution in [2.45, 2.75) is 116 Å². The summed E-state index contributed by atoms with van der Waals surface area (Å²) < 4.78 is 23.5. The Bertz CT molecular complexity index is 1570. The normalized spacial score (nSPS) is 32.5. The number of carbonyl (C=O) groups excluding carboxylic acids is 4. The Morgan fingerprint density at radius 1 is 1.24 bits per heavy atom. The molecule has 0 spiro atoms. The second-order valence-corrected chi connectivity index (χ2v) is 15.8. The fourth-order valence-corrected chi connectivity index (χ4v) is 6.91. The van der Waals surface area contributed by atoms with Crippen LogP contribution in [-0.4, -0.2) is 96.9 Å². The van der Waals surface area contributed by atoms with Crippen LogP contribution in [0, 0.1) is 18.3 Å². The molecule has 2 N–H and O–H groups in total. The number of esters is 1. The third-order valence-corrected chi connectivity index (χ3v) is 10.4. The highest BCUT2D eigenvalue weighted by Gasteiger charge is 2.66. The van der Waals surface area contributed by atoms with Crippen molar-refractivity contribution in [3.63, 3.8) is 0 Å². The molecule has 50 heavy (non-hydrogen) atoms. The smallest absolute Gasteiger partial charge is 0.409 e. The summed E-state index contributed by atoms with van der Waals surface area (Å²) in [5, 5.41) is 14.5. The van der Waals surface area contributed by atoms with Crippen molar-refractivity contribution < 1.29 is 43.2 Å². The van der Waals surface area contributed by atoms with Gasteiger partial charge in [-0.3, -0.25) is 14.9 Å². The zero-order valence-corrected chi connectivity index (χ0v) is 31.7. The van der Waals surface area contributed by atoms with Crippen molar-refractivity contribution in [3.05, 3.63) is 52.1 Å². The highest BCUT2D eigenvalue weighted by atomic mass is 35.5. The minimum atomic E-state index is -1.82. The third kappa shape index (κ3) is 8.36. The maximum Gasteiger partial charge on any atom is 0.409 e. The van der Waals surface area contributed by atoms with Crippen molar-refractivity contribution in [2.75, 3.05) is 26.1 Å². The number of nitrogens with zero attached hydrogens (tertiary/aromatic N) is 2. The minimum Gasteiger partial charge on any atom is -0.447 e. The molecule has 8 unspecified atom stereocenters. The van der Waals surface area contributed by atoms with Crippen molar-refractivity contribution in [2.24, 2.45) is 11.3 Å². The summed E-state index contributed by atoms with van der Waals surface area (Å²) in [6.45, 7) is 14.6. The number of aryl methyl sites for hydroxylation is 1. The Morgan fingerprint density at radius 2 is 1.90 bits per heavy atom. The first-order chi connectivity index (χ1) is 23.1. The van der Waals surface area contributed by atoms with E-state index in [4.69, 9.17) is 30.5 Å². The zero-order valence-electron chi connectivity index (χ0n) is 31.0. The van der Waals surface area contributed by atoms with Crippen LogP contribution in [-0.2, 0) is 39.8 Å². The first kappa shape index (κ1) is 39.3. The van der Waals surface area contributed by atoms with Crippen molar-refractivity contribution in [1.82, 2.24) is 10.2 Å². The number of anilines is 1. The van der Waals surface area contributed by atoms with Gasteiger partial charge in [0.2, 0.25) is 12.0 Å². The predicted molar refractivity (Wildman–Crippen MR) is 189 cm³/mol. The average Bonchev–Trinajstić information content (AvgIpc) is 3.71. The van der Waals surface area contributed by atoms with Crippen LogP contribution in [0.4, 0.5) is 10.5 Å². The SMILES string of the molecule is COC1/C=C/C=C(\C)Cc2cc(C)c(Cl)c(c2)N(C)C(=O)C(OC(=O)C(C)N(C)C(=O)CC(C)(C)C)C2(C)OC2C(C)C2CC1(O)NC(=O)O2. The van der Waals surface area contributed by atoms with E-state index in [0.717, 1.165) is 16.7 Å². The molecule has 0 radical (unpaired) electrons. The Labute approximate surface area is 300 Å². The van der Waals surface area contributed by atoms with E-state index in [1.54, 1.807) is 40.0 Å². The molecule has 3 aliphatic heterocycles. The minimum absolute atomic E-state index is 0.0587. The topological polar surface area (TPSA) is 147 Å². The maximum absolute atomic E-state index is 14.5. The Hall–Kier alpha value is -3.45. The van der Waals surface area contributed by atoms with E-state index in [1.165, 1.54) is 24.0 Å². The Kier molecular flexibility index (Phi) is 11.5. The van der Waals surface area contributed by atoms with Gasteiger partial charge in [-0.1, -0.05) is 69.2 Å². The first-order valence-corrected chi connectivity index (χ1v) is 17.3. The zero-order chi connectivity index (χ0) is 37.5. The second-order valence-electron chi connectivity index (χ2n) is 15.4. The molecule has 4 bridgehead atoms. The number of amides is 3. The van der Waals surface area contributed by atoms with Crippen LogP contribution in [0.25, 0.3) is 0 Å². The number of methoxy groups -OCH3 is 1. The highest BCUT2D eigenvalue weighted by molar-refractivity contribution is 6.34. The van der Waals surface area contributed by atoms with E-state index in [-0.39, 0.29) is 24.2 Å². The van der Waals surface area contributed by atoms with E-state index in [1.807, 2.05) is 52.8 Å². The molecule has 1 aromatic carbocycles. The number of benzene rings is 1. The second kappa shape index (κ2) is 14.7. The van der Waals surface area contributed by atoms with E-state index in [9.17, 15) is 24.3 Å². The number of halogens is 1. The van der Waals surface area contributed by atoms with Crippen LogP contribution in [0.3, 0.4) is 0 Å². The lowest BCUT2D eigenvalue weighted by molar-refractivity contribution is -0.165. The number of carbonyl (C=O) groups is 4. The van der Waals surface area contributed by atoms with Gasteiger partial charge >= 0.3 is 12.1 Å². The lowest BCUT2D eigenvalue weighted by Gasteiger charge is -2.42.